The molecule has 3 atom stereocenters. The molecule has 218 valence electrons. The second-order valence-electron chi connectivity index (χ2n) is 8.98. The molecule has 3 aliphatic rings. The average molecular weight is 631 g/mol. The highest BCUT2D eigenvalue weighted by molar-refractivity contribution is 8.01. The third-order valence-corrected chi connectivity index (χ3v) is 9.43. The molecule has 1 aliphatic carbocycles. The number of aromatic carboxylic acids is 1. The Morgan fingerprint density at radius 2 is 2.12 bits per heavy atom. The number of β-lactam (4-membered cyclic amide) rings is 1. The van der Waals surface area contributed by atoms with Crippen LogP contribution in [-0.2, 0) is 24.0 Å². The fourth-order valence-electron chi connectivity index (χ4n) is 4.30. The van der Waals surface area contributed by atoms with E-state index in [1.807, 2.05) is 12.2 Å². The SMILES string of the molecule is O=CNc1nc(C(=NOC2C=CCC2)C(=O)NC2C(=O)N3C(C(=O)O)=C(CSc4cc(C(=O)O)ccn4)CS[C@H]23)cs1. The number of fused-ring (bicyclic) bond motifs is 1. The molecule has 0 aromatic carbocycles. The normalized spacial score (nSPS) is 21.4. The Morgan fingerprint density at radius 1 is 1.29 bits per heavy atom. The summed E-state index contributed by atoms with van der Waals surface area (Å²) in [6.45, 7) is 0. The minimum absolute atomic E-state index is 0.0522. The number of thioether (sulfide) groups is 2. The van der Waals surface area contributed by atoms with Gasteiger partial charge in [0.25, 0.3) is 11.8 Å². The summed E-state index contributed by atoms with van der Waals surface area (Å²) in [4.78, 5) is 75.7. The van der Waals surface area contributed by atoms with Crippen molar-refractivity contribution >= 4 is 75.9 Å². The van der Waals surface area contributed by atoms with Gasteiger partial charge < -0.3 is 25.7 Å². The third kappa shape index (κ3) is 6.17. The van der Waals surface area contributed by atoms with Crippen molar-refractivity contribution in [2.75, 3.05) is 16.8 Å². The quantitative estimate of drug-likeness (QED) is 0.0663. The number of carboxylic acid groups (broad SMARTS) is 2. The number of anilines is 1. The van der Waals surface area contributed by atoms with Crippen molar-refractivity contribution < 1.29 is 39.0 Å². The van der Waals surface area contributed by atoms with E-state index in [4.69, 9.17) is 4.84 Å². The number of carbonyl (C=O) groups excluding carboxylic acids is 3. The van der Waals surface area contributed by atoms with Crippen molar-refractivity contribution in [2.45, 2.75) is 35.4 Å². The molecule has 0 saturated carbocycles. The summed E-state index contributed by atoms with van der Waals surface area (Å²) in [7, 11) is 0. The fourth-order valence-corrected chi connectivity index (χ4v) is 7.34. The van der Waals surface area contributed by atoms with E-state index < -0.39 is 35.2 Å². The Balaban J connectivity index is 1.31. The average Bonchev–Trinajstić information content (AvgIpc) is 3.67. The first-order chi connectivity index (χ1) is 20.3. The number of thiazole rings is 1. The van der Waals surface area contributed by atoms with Gasteiger partial charge >= 0.3 is 11.9 Å². The maximum absolute atomic E-state index is 13.3. The number of aromatic nitrogens is 2. The van der Waals surface area contributed by atoms with E-state index in [0.29, 0.717) is 23.4 Å². The molecule has 3 amide bonds. The van der Waals surface area contributed by atoms with Crippen molar-refractivity contribution in [1.82, 2.24) is 20.2 Å². The lowest BCUT2D eigenvalue weighted by Crippen LogP contribution is -2.71. The number of hydrogen-bond donors (Lipinski definition) is 4. The number of oxime groups is 1. The number of nitrogens with one attached hydrogen (secondary N) is 2. The summed E-state index contributed by atoms with van der Waals surface area (Å²) in [5.74, 6) is -3.32. The number of carboxylic acids is 2. The number of nitrogens with zero attached hydrogens (tertiary/aromatic N) is 4. The second kappa shape index (κ2) is 12.7. The van der Waals surface area contributed by atoms with Gasteiger partial charge in [0.15, 0.2) is 10.8 Å². The van der Waals surface area contributed by atoms with Crippen molar-refractivity contribution in [3.63, 3.8) is 0 Å². The van der Waals surface area contributed by atoms with E-state index in [9.17, 15) is 34.2 Å². The van der Waals surface area contributed by atoms with Gasteiger partial charge in [0.05, 0.1) is 10.6 Å². The van der Waals surface area contributed by atoms with Crippen molar-refractivity contribution in [3.05, 3.63) is 58.4 Å². The predicted molar refractivity (Wildman–Crippen MR) is 153 cm³/mol. The van der Waals surface area contributed by atoms with Crippen LogP contribution in [0.25, 0.3) is 0 Å². The predicted octanol–water partition coefficient (Wildman–Crippen LogP) is 1.77. The molecule has 2 aliphatic heterocycles. The number of rotatable bonds is 12. The molecule has 4 heterocycles. The van der Waals surface area contributed by atoms with Crippen LogP contribution in [0.15, 0.2) is 57.3 Å². The summed E-state index contributed by atoms with van der Waals surface area (Å²) in [6.07, 6.45) is 6.73. The van der Waals surface area contributed by atoms with Gasteiger partial charge in [-0.3, -0.25) is 19.3 Å². The van der Waals surface area contributed by atoms with Crippen molar-refractivity contribution in [1.29, 1.82) is 0 Å². The van der Waals surface area contributed by atoms with Crippen LogP contribution in [0.4, 0.5) is 5.13 Å². The molecule has 2 aromatic rings. The van der Waals surface area contributed by atoms with Gasteiger partial charge in [0, 0.05) is 23.1 Å². The van der Waals surface area contributed by atoms with E-state index in [2.05, 4.69) is 25.8 Å². The number of aliphatic carboxylic acids is 1. The molecule has 4 N–H and O–H groups in total. The Morgan fingerprint density at radius 3 is 2.83 bits per heavy atom. The molecule has 0 spiro atoms. The summed E-state index contributed by atoms with van der Waals surface area (Å²) in [6, 6.07) is 1.72. The lowest BCUT2D eigenvalue weighted by atomic mass is 10.0. The summed E-state index contributed by atoms with van der Waals surface area (Å²) >= 11 is 3.52. The van der Waals surface area contributed by atoms with E-state index in [1.54, 1.807) is 0 Å². The molecular weight excluding hydrogens is 609 g/mol. The van der Waals surface area contributed by atoms with Crippen LogP contribution in [0.5, 0.6) is 0 Å². The summed E-state index contributed by atoms with van der Waals surface area (Å²) in [5.41, 5.74) is 0.281. The van der Waals surface area contributed by atoms with Gasteiger partial charge in [-0.25, -0.2) is 19.6 Å². The molecule has 2 unspecified atom stereocenters. The zero-order valence-corrected chi connectivity index (χ0v) is 23.9. The molecule has 5 rings (SSSR count). The number of amides is 3. The van der Waals surface area contributed by atoms with E-state index >= 15 is 0 Å². The Labute approximate surface area is 250 Å². The van der Waals surface area contributed by atoms with Gasteiger partial charge in [-0.2, -0.15) is 0 Å². The highest BCUT2D eigenvalue weighted by Gasteiger charge is 2.54. The first-order valence-corrected chi connectivity index (χ1v) is 15.3. The lowest BCUT2D eigenvalue weighted by Gasteiger charge is -2.49. The zero-order chi connectivity index (χ0) is 29.8. The van der Waals surface area contributed by atoms with Crippen LogP contribution in [0, 0.1) is 0 Å². The molecular formula is C25H22N6O8S3. The lowest BCUT2D eigenvalue weighted by molar-refractivity contribution is -0.150. The van der Waals surface area contributed by atoms with E-state index in [1.165, 1.54) is 35.5 Å². The van der Waals surface area contributed by atoms with Crippen LogP contribution in [-0.4, -0.2) is 90.0 Å². The Kier molecular flexibility index (Phi) is 8.89. The second-order valence-corrected chi connectivity index (χ2v) is 11.9. The Bertz CT molecular complexity index is 1540. The largest absolute Gasteiger partial charge is 0.478 e. The summed E-state index contributed by atoms with van der Waals surface area (Å²) < 4.78 is 0. The zero-order valence-electron chi connectivity index (χ0n) is 21.5. The van der Waals surface area contributed by atoms with Crippen LogP contribution in [0.2, 0.25) is 0 Å². The highest BCUT2D eigenvalue weighted by atomic mass is 32.2. The van der Waals surface area contributed by atoms with Gasteiger partial charge in [0.1, 0.15) is 28.9 Å². The van der Waals surface area contributed by atoms with Crippen LogP contribution >= 0.6 is 34.9 Å². The van der Waals surface area contributed by atoms with Gasteiger partial charge in [-0.15, -0.1) is 34.9 Å². The van der Waals surface area contributed by atoms with Crippen LogP contribution < -0.4 is 10.6 Å². The maximum Gasteiger partial charge on any atom is 0.352 e. The first-order valence-electron chi connectivity index (χ1n) is 12.4. The maximum atomic E-state index is 13.3. The molecule has 1 fully saturated rings. The molecule has 17 heteroatoms. The third-order valence-electron chi connectivity index (χ3n) is 6.30. The van der Waals surface area contributed by atoms with Crippen LogP contribution in [0.3, 0.4) is 0 Å². The number of pyridine rings is 1. The molecule has 14 nitrogen and oxygen atoms in total. The molecule has 0 bridgehead atoms. The molecule has 42 heavy (non-hydrogen) atoms. The van der Waals surface area contributed by atoms with Crippen molar-refractivity contribution in [3.8, 4) is 0 Å². The van der Waals surface area contributed by atoms with Crippen molar-refractivity contribution in [2.24, 2.45) is 5.16 Å². The molecule has 0 radical (unpaired) electrons. The number of allylic oxidation sites excluding steroid dienone is 1. The highest BCUT2D eigenvalue weighted by Crippen LogP contribution is 2.41. The fraction of sp³-hybridized carbons (Fsp3) is 0.280. The standard InChI is InChI=1S/C25H22N6O8S3/c32-11-27-25-28-15(10-42-25)17(30-39-14-3-1-2-4-14)20(33)29-18-21(34)31-19(24(37)38)13(9-41-22(18)31)8-40-16-7-12(23(35)36)5-6-26-16/h1,3,5-7,10-11,14,18,22H,2,4,8-9H2,(H,29,33)(H,35,36)(H,37,38)(H,27,28,32)/t14?,18?,22-/m1/s1. The number of carbonyl (C=O) groups is 5. The van der Waals surface area contributed by atoms with E-state index in [0.717, 1.165) is 34.4 Å². The topological polar surface area (TPSA) is 200 Å². The smallest absolute Gasteiger partial charge is 0.352 e. The number of hydrogen-bond acceptors (Lipinski definition) is 12. The van der Waals surface area contributed by atoms with Gasteiger partial charge in [-0.05, 0) is 36.6 Å². The minimum Gasteiger partial charge on any atom is -0.478 e. The molecule has 2 aromatic heterocycles. The monoisotopic (exact) mass is 630 g/mol. The van der Waals surface area contributed by atoms with Gasteiger partial charge in [0.2, 0.25) is 6.41 Å². The molecule has 1 saturated heterocycles. The van der Waals surface area contributed by atoms with E-state index in [-0.39, 0.29) is 45.4 Å². The minimum atomic E-state index is -1.29. The van der Waals surface area contributed by atoms with Gasteiger partial charge in [-0.1, -0.05) is 11.2 Å². The Hall–Kier alpha value is -4.22. The first kappa shape index (κ1) is 29.3. The van der Waals surface area contributed by atoms with Crippen LogP contribution in [0.1, 0.15) is 28.9 Å². The summed E-state index contributed by atoms with van der Waals surface area (Å²) in [5, 5.41) is 29.7.